The van der Waals surface area contributed by atoms with E-state index < -0.39 is 5.91 Å². The summed E-state index contributed by atoms with van der Waals surface area (Å²) < 4.78 is 5.37. The van der Waals surface area contributed by atoms with Gasteiger partial charge in [0.1, 0.15) is 11.6 Å². The van der Waals surface area contributed by atoms with E-state index in [1.165, 1.54) is 5.56 Å². The maximum absolute atomic E-state index is 11.1. The number of rotatable bonds is 5. The maximum atomic E-state index is 11.1. The summed E-state index contributed by atoms with van der Waals surface area (Å²) in [6.45, 7) is 4.37. The van der Waals surface area contributed by atoms with E-state index in [1.807, 2.05) is 13.1 Å². The highest BCUT2D eigenvalue weighted by molar-refractivity contribution is 5.89. The van der Waals surface area contributed by atoms with Gasteiger partial charge in [-0.1, -0.05) is 6.07 Å². The molecule has 3 rings (SSSR count). The van der Waals surface area contributed by atoms with E-state index in [2.05, 4.69) is 37.6 Å². The van der Waals surface area contributed by atoms with Crippen molar-refractivity contribution >= 4 is 17.7 Å². The lowest BCUT2D eigenvalue weighted by atomic mass is 10.1. The molecule has 1 amide bonds. The lowest BCUT2D eigenvalue weighted by molar-refractivity contribution is 0.0972. The topological polar surface area (TPSA) is 109 Å². The molecule has 0 aliphatic carbocycles. The summed E-state index contributed by atoms with van der Waals surface area (Å²) in [4.78, 5) is 22.2. The van der Waals surface area contributed by atoms with E-state index >= 15 is 0 Å². The van der Waals surface area contributed by atoms with E-state index in [1.54, 1.807) is 19.2 Å². The van der Waals surface area contributed by atoms with E-state index in [9.17, 15) is 4.79 Å². The highest BCUT2D eigenvalue weighted by Gasteiger charge is 2.21. The van der Waals surface area contributed by atoms with Gasteiger partial charge in [-0.2, -0.15) is 0 Å². The zero-order chi connectivity index (χ0) is 19.2. The summed E-state index contributed by atoms with van der Waals surface area (Å²) in [5, 5.41) is 6.65. The van der Waals surface area contributed by atoms with Gasteiger partial charge >= 0.3 is 0 Å². The third-order valence-corrected chi connectivity index (χ3v) is 4.61. The molecule has 0 spiro atoms. The number of primary amides is 1. The van der Waals surface area contributed by atoms with Gasteiger partial charge in [-0.25, -0.2) is 4.98 Å². The van der Waals surface area contributed by atoms with Crippen molar-refractivity contribution in [3.8, 4) is 0 Å². The molecule has 2 aromatic heterocycles. The average Bonchev–Trinajstić information content (AvgIpc) is 3.16. The van der Waals surface area contributed by atoms with Crippen molar-refractivity contribution in [2.75, 3.05) is 25.0 Å². The predicted octanol–water partition coefficient (Wildman–Crippen LogP) is 1.42. The molecule has 1 saturated heterocycles. The van der Waals surface area contributed by atoms with Gasteiger partial charge in [0.05, 0.1) is 6.54 Å². The number of anilines is 1. The zero-order valence-corrected chi connectivity index (χ0v) is 15.7. The van der Waals surface area contributed by atoms with E-state index in [0.29, 0.717) is 24.3 Å². The molecule has 3 heterocycles. The van der Waals surface area contributed by atoms with E-state index in [4.69, 9.17) is 10.2 Å². The minimum atomic E-state index is -0.571. The number of aromatic nitrogens is 1. The molecule has 0 unspecified atom stereocenters. The summed E-state index contributed by atoms with van der Waals surface area (Å²) >= 11 is 0. The Morgan fingerprint density at radius 3 is 2.70 bits per heavy atom. The van der Waals surface area contributed by atoms with Gasteiger partial charge in [0, 0.05) is 32.4 Å². The minimum absolute atomic E-state index is 0.159. The van der Waals surface area contributed by atoms with Crippen molar-refractivity contribution < 1.29 is 9.21 Å². The normalized spacial score (nSPS) is 15.6. The Morgan fingerprint density at radius 2 is 2.11 bits per heavy atom. The molecule has 0 radical (unpaired) electrons. The van der Waals surface area contributed by atoms with Crippen LogP contribution in [-0.2, 0) is 6.54 Å². The molecule has 144 valence electrons. The molecule has 0 bridgehead atoms. The number of hydrogen-bond donors (Lipinski definition) is 3. The van der Waals surface area contributed by atoms with Crippen molar-refractivity contribution in [2.24, 2.45) is 10.7 Å². The van der Waals surface area contributed by atoms with Crippen LogP contribution in [0.25, 0.3) is 0 Å². The number of piperidine rings is 1. The maximum Gasteiger partial charge on any atom is 0.284 e. The number of nitrogens with one attached hydrogen (secondary N) is 2. The van der Waals surface area contributed by atoms with E-state index in [0.717, 1.165) is 31.7 Å². The Balaban J connectivity index is 1.46. The fourth-order valence-corrected chi connectivity index (χ4v) is 3.06. The molecule has 1 fully saturated rings. The lowest BCUT2D eigenvalue weighted by Gasteiger charge is -2.33. The lowest BCUT2D eigenvalue weighted by Crippen LogP contribution is -2.48. The van der Waals surface area contributed by atoms with Gasteiger partial charge in [-0.3, -0.25) is 9.79 Å². The molecular weight excluding hydrogens is 344 g/mol. The molecule has 0 saturated carbocycles. The summed E-state index contributed by atoms with van der Waals surface area (Å²) in [6, 6.07) is 7.82. The second-order valence-corrected chi connectivity index (χ2v) is 6.66. The van der Waals surface area contributed by atoms with E-state index in [-0.39, 0.29) is 5.76 Å². The molecule has 4 N–H and O–H groups in total. The van der Waals surface area contributed by atoms with Crippen molar-refractivity contribution in [2.45, 2.75) is 32.4 Å². The number of carbonyl (C=O) groups excluding carboxylic acids is 1. The number of hydrogen-bond acceptors (Lipinski definition) is 5. The van der Waals surface area contributed by atoms with Crippen molar-refractivity contribution in [3.63, 3.8) is 0 Å². The molecule has 2 aromatic rings. The number of nitrogens with two attached hydrogens (primary N) is 1. The Bertz CT molecular complexity index is 791. The van der Waals surface area contributed by atoms with Crippen LogP contribution < -0.4 is 21.3 Å². The first kappa shape index (κ1) is 18.8. The Hall–Kier alpha value is -3.03. The van der Waals surface area contributed by atoms with Crippen molar-refractivity contribution in [3.05, 3.63) is 47.5 Å². The highest BCUT2D eigenvalue weighted by Crippen LogP contribution is 2.18. The number of pyridine rings is 1. The molecule has 27 heavy (non-hydrogen) atoms. The van der Waals surface area contributed by atoms with Crippen LogP contribution in [0.5, 0.6) is 0 Å². The average molecular weight is 370 g/mol. The predicted molar refractivity (Wildman–Crippen MR) is 105 cm³/mol. The quantitative estimate of drug-likeness (QED) is 0.542. The van der Waals surface area contributed by atoms with Crippen molar-refractivity contribution in [1.82, 2.24) is 15.6 Å². The van der Waals surface area contributed by atoms with Crippen LogP contribution >= 0.6 is 0 Å². The Morgan fingerprint density at radius 1 is 1.33 bits per heavy atom. The number of furan rings is 1. The number of aryl methyl sites for hydroxylation is 1. The first-order chi connectivity index (χ1) is 13.0. The zero-order valence-electron chi connectivity index (χ0n) is 15.7. The first-order valence-electron chi connectivity index (χ1n) is 9.08. The van der Waals surface area contributed by atoms with Crippen LogP contribution in [0.2, 0.25) is 0 Å². The minimum Gasteiger partial charge on any atom is -0.454 e. The van der Waals surface area contributed by atoms with Crippen LogP contribution in [0.4, 0.5) is 5.82 Å². The molecule has 8 nitrogen and oxygen atoms in total. The molecule has 0 aromatic carbocycles. The third kappa shape index (κ3) is 4.99. The molecule has 1 aliphatic heterocycles. The van der Waals surface area contributed by atoms with Crippen LogP contribution in [0.1, 0.15) is 34.7 Å². The van der Waals surface area contributed by atoms with Gasteiger partial charge in [0.2, 0.25) is 0 Å². The Kier molecular flexibility index (Phi) is 5.95. The summed E-state index contributed by atoms with van der Waals surface area (Å²) in [5.74, 6) is 1.96. The van der Waals surface area contributed by atoms with Gasteiger partial charge < -0.3 is 25.7 Å². The number of guanidine groups is 1. The molecule has 0 atom stereocenters. The third-order valence-electron chi connectivity index (χ3n) is 4.61. The standard InChI is InChI=1S/C19H26N6O2/c1-13-3-6-17(22-11-13)25-9-7-14(8-10-25)24-19(21-2)23-12-15-4-5-16(27-15)18(20)26/h3-6,11,14H,7-10,12H2,1-2H3,(H2,20,26)(H2,21,23,24). The second kappa shape index (κ2) is 8.57. The van der Waals surface area contributed by atoms with Crippen LogP contribution in [-0.4, -0.2) is 43.0 Å². The van der Waals surface area contributed by atoms with Crippen molar-refractivity contribution in [1.29, 1.82) is 0 Å². The van der Waals surface area contributed by atoms with Gasteiger partial charge in [0.15, 0.2) is 11.7 Å². The molecule has 1 aliphatic rings. The largest absolute Gasteiger partial charge is 0.454 e. The monoisotopic (exact) mass is 370 g/mol. The summed E-state index contributed by atoms with van der Waals surface area (Å²) in [7, 11) is 1.73. The fraction of sp³-hybridized carbons (Fsp3) is 0.421. The second-order valence-electron chi connectivity index (χ2n) is 6.66. The highest BCUT2D eigenvalue weighted by atomic mass is 16.3. The van der Waals surface area contributed by atoms with Gasteiger partial charge in [0.25, 0.3) is 5.91 Å². The van der Waals surface area contributed by atoms with Crippen LogP contribution in [0, 0.1) is 6.92 Å². The summed E-state index contributed by atoms with van der Waals surface area (Å²) in [5.41, 5.74) is 6.37. The first-order valence-corrected chi connectivity index (χ1v) is 9.08. The number of aliphatic imine (C=N–C) groups is 1. The number of nitrogens with zero attached hydrogens (tertiary/aromatic N) is 3. The molecular formula is C19H26N6O2. The smallest absolute Gasteiger partial charge is 0.284 e. The number of amides is 1. The fourth-order valence-electron chi connectivity index (χ4n) is 3.06. The van der Waals surface area contributed by atoms with Crippen LogP contribution in [0.15, 0.2) is 39.9 Å². The summed E-state index contributed by atoms with van der Waals surface area (Å²) in [6.07, 6.45) is 3.91. The SMILES string of the molecule is CN=C(NCc1ccc(C(N)=O)o1)NC1CCN(c2ccc(C)cn2)CC1. The molecule has 8 heteroatoms. The van der Waals surface area contributed by atoms with Crippen LogP contribution in [0.3, 0.4) is 0 Å². The van der Waals surface area contributed by atoms with Gasteiger partial charge in [-0.15, -0.1) is 0 Å². The number of carbonyl (C=O) groups is 1. The Labute approximate surface area is 158 Å². The van der Waals surface area contributed by atoms with Gasteiger partial charge in [-0.05, 0) is 43.5 Å².